The molecule has 0 radical (unpaired) electrons. The number of ether oxygens (including phenoxy) is 2. The highest BCUT2D eigenvalue weighted by Gasteiger charge is 2.78. The average Bonchev–Trinajstić information content (AvgIpc) is 3.35. The Kier molecular flexibility index (Phi) is 3.54. The van der Waals surface area contributed by atoms with Crippen LogP contribution in [0.1, 0.15) is 63.0 Å². The van der Waals surface area contributed by atoms with Crippen LogP contribution in [-0.4, -0.2) is 56.0 Å². The number of aromatic amines is 1. The molecule has 3 fully saturated rings. The van der Waals surface area contributed by atoms with Crippen LogP contribution in [0.4, 0.5) is 0 Å². The third-order valence-corrected chi connectivity index (χ3v) is 10.1. The molecule has 0 amide bonds. The van der Waals surface area contributed by atoms with Crippen LogP contribution in [0.3, 0.4) is 0 Å². The molecule has 2 aliphatic heterocycles. The number of hydrogen-bond acceptors (Lipinski definition) is 6. The van der Waals surface area contributed by atoms with E-state index in [-0.39, 0.29) is 18.0 Å². The van der Waals surface area contributed by atoms with Gasteiger partial charge in [0, 0.05) is 50.9 Å². The van der Waals surface area contributed by atoms with E-state index in [1.54, 1.807) is 0 Å². The molecule has 3 heterocycles. The molecule has 7 heteroatoms. The molecule has 3 aliphatic carbocycles. The second kappa shape index (κ2) is 5.73. The van der Waals surface area contributed by atoms with Crippen molar-refractivity contribution in [2.75, 3.05) is 0 Å². The molecular formula is C27H29NO6. The summed E-state index contributed by atoms with van der Waals surface area (Å²) in [5.41, 5.74) is -1.77. The van der Waals surface area contributed by atoms with Gasteiger partial charge in [-0.15, -0.1) is 0 Å². The topological polar surface area (TPSA) is 109 Å². The first-order chi connectivity index (χ1) is 15.9. The fraction of sp³-hybridized carbons (Fsp3) is 0.556. The van der Waals surface area contributed by atoms with Gasteiger partial charge in [-0.1, -0.05) is 32.0 Å². The third kappa shape index (κ3) is 1.92. The number of ketones is 2. The predicted octanol–water partition coefficient (Wildman–Crippen LogP) is 2.93. The van der Waals surface area contributed by atoms with Crippen LogP contribution in [0.5, 0.6) is 0 Å². The van der Waals surface area contributed by atoms with Gasteiger partial charge in [0.05, 0.1) is 6.10 Å². The van der Waals surface area contributed by atoms with E-state index in [0.717, 1.165) is 16.6 Å². The van der Waals surface area contributed by atoms with Crippen molar-refractivity contribution in [3.05, 3.63) is 47.2 Å². The predicted molar refractivity (Wildman–Crippen MR) is 122 cm³/mol. The summed E-state index contributed by atoms with van der Waals surface area (Å²) in [4.78, 5) is 30.4. The summed E-state index contributed by atoms with van der Waals surface area (Å²) < 4.78 is 12.6. The molecule has 1 saturated heterocycles. The third-order valence-electron chi connectivity index (χ3n) is 10.1. The van der Waals surface area contributed by atoms with Gasteiger partial charge in [0.25, 0.3) is 0 Å². The van der Waals surface area contributed by atoms with Crippen molar-refractivity contribution in [3.8, 4) is 0 Å². The Morgan fingerprint density at radius 1 is 1.09 bits per heavy atom. The van der Waals surface area contributed by atoms with Crippen molar-refractivity contribution < 1.29 is 29.3 Å². The second-order valence-corrected chi connectivity index (χ2v) is 11.8. The minimum Gasteiger partial charge on any atom is -0.390 e. The van der Waals surface area contributed by atoms with Crippen LogP contribution in [0.25, 0.3) is 10.9 Å². The van der Waals surface area contributed by atoms with E-state index in [1.165, 1.54) is 6.08 Å². The number of benzene rings is 1. The number of H-pyrrole nitrogens is 1. The molecular weight excluding hydrogens is 434 g/mol. The Hall–Kier alpha value is -2.32. The number of fused-ring (bicyclic) bond motifs is 9. The molecule has 7 nitrogen and oxygen atoms in total. The van der Waals surface area contributed by atoms with Crippen molar-refractivity contribution in [1.29, 1.82) is 0 Å². The standard InChI is InChI=1S/C27H29NO6/c1-23(2)22-16(29)12-17-26(33-22,34-23)10-9-24(3)25(4)14(11-18(30)27(17,24)32)20(31)19-13-7-5-6-8-15(13)28-21(19)25/h5-8,12,14,18,22,28,30,32H,9-11H2,1-4H3/t14-,18-,22-,24+,25+,26-,27-/m0/s1. The molecule has 1 spiro atoms. The van der Waals surface area contributed by atoms with Gasteiger partial charge in [0.1, 0.15) is 11.2 Å². The summed E-state index contributed by atoms with van der Waals surface area (Å²) in [6.45, 7) is 7.61. The summed E-state index contributed by atoms with van der Waals surface area (Å²) in [6.07, 6.45) is 0.413. The fourth-order valence-corrected chi connectivity index (χ4v) is 8.23. The van der Waals surface area contributed by atoms with Gasteiger partial charge in [0.15, 0.2) is 23.5 Å². The lowest BCUT2D eigenvalue weighted by molar-refractivity contribution is -0.271. The normalized spacial score (nSPS) is 46.1. The van der Waals surface area contributed by atoms with Crippen LogP contribution in [-0.2, 0) is 19.7 Å². The Bertz CT molecular complexity index is 1360. The molecule has 7 rings (SSSR count). The van der Waals surface area contributed by atoms with E-state index >= 15 is 0 Å². The Morgan fingerprint density at radius 2 is 1.82 bits per heavy atom. The number of nitrogens with one attached hydrogen (secondary N) is 1. The van der Waals surface area contributed by atoms with Crippen molar-refractivity contribution in [2.45, 2.75) is 81.6 Å². The van der Waals surface area contributed by atoms with Gasteiger partial charge in [-0.25, -0.2) is 0 Å². The minimum absolute atomic E-state index is 0.000764. The molecule has 0 unspecified atom stereocenters. The number of para-hydroxylation sites is 1. The lowest BCUT2D eigenvalue weighted by Crippen LogP contribution is -2.74. The molecule has 2 aromatic rings. The first-order valence-corrected chi connectivity index (χ1v) is 12.1. The lowest BCUT2D eigenvalue weighted by Gasteiger charge is -2.66. The van der Waals surface area contributed by atoms with E-state index in [2.05, 4.69) is 4.98 Å². The highest BCUT2D eigenvalue weighted by molar-refractivity contribution is 6.14. The van der Waals surface area contributed by atoms with Crippen LogP contribution >= 0.6 is 0 Å². The molecule has 5 aliphatic rings. The Morgan fingerprint density at radius 3 is 2.59 bits per heavy atom. The number of carbonyl (C=O) groups excluding carboxylic acids is 2. The van der Waals surface area contributed by atoms with Gasteiger partial charge in [-0.3, -0.25) is 9.59 Å². The largest absolute Gasteiger partial charge is 0.390 e. The number of aliphatic hydroxyl groups excluding tert-OH is 1. The highest BCUT2D eigenvalue weighted by atomic mass is 16.8. The minimum atomic E-state index is -1.81. The van der Waals surface area contributed by atoms with Crippen LogP contribution < -0.4 is 0 Å². The monoisotopic (exact) mass is 463 g/mol. The number of Topliss-reactive ketones (excluding diaryl/α,β-unsaturated/α-hetero) is 1. The molecule has 1 aromatic heterocycles. The maximum atomic E-state index is 13.8. The zero-order valence-electron chi connectivity index (χ0n) is 19.8. The Balaban J connectivity index is 1.48. The maximum Gasteiger partial charge on any atom is 0.195 e. The maximum absolute atomic E-state index is 13.8. The quantitative estimate of drug-likeness (QED) is 0.554. The highest BCUT2D eigenvalue weighted by Crippen LogP contribution is 2.71. The molecule has 2 bridgehead atoms. The van der Waals surface area contributed by atoms with Gasteiger partial charge in [-0.05, 0) is 38.8 Å². The molecule has 1 aromatic carbocycles. The smallest absolute Gasteiger partial charge is 0.195 e. The summed E-state index contributed by atoms with van der Waals surface area (Å²) in [6, 6.07) is 7.73. The van der Waals surface area contributed by atoms with Crippen LogP contribution in [0, 0.1) is 11.3 Å². The average molecular weight is 464 g/mol. The molecule has 7 atom stereocenters. The number of carbonyl (C=O) groups is 2. The van der Waals surface area contributed by atoms with E-state index in [0.29, 0.717) is 24.0 Å². The molecule has 34 heavy (non-hydrogen) atoms. The Labute approximate surface area is 197 Å². The zero-order chi connectivity index (χ0) is 24.1. The van der Waals surface area contributed by atoms with E-state index in [4.69, 9.17) is 9.47 Å². The molecule has 3 N–H and O–H groups in total. The van der Waals surface area contributed by atoms with Gasteiger partial charge in [0.2, 0.25) is 0 Å². The summed E-state index contributed by atoms with van der Waals surface area (Å²) in [5.74, 6) is -2.01. The van der Waals surface area contributed by atoms with Crippen molar-refractivity contribution >= 4 is 22.5 Å². The van der Waals surface area contributed by atoms with E-state index in [1.807, 2.05) is 52.0 Å². The van der Waals surface area contributed by atoms with Crippen molar-refractivity contribution in [2.24, 2.45) is 11.3 Å². The first kappa shape index (κ1) is 21.0. The number of aromatic nitrogens is 1. The van der Waals surface area contributed by atoms with E-state index < -0.39 is 45.9 Å². The molecule has 178 valence electrons. The summed E-state index contributed by atoms with van der Waals surface area (Å²) in [7, 11) is 0. The first-order valence-electron chi connectivity index (χ1n) is 12.1. The molecule has 2 saturated carbocycles. The van der Waals surface area contributed by atoms with Crippen LogP contribution in [0.15, 0.2) is 35.9 Å². The van der Waals surface area contributed by atoms with Gasteiger partial charge in [-0.2, -0.15) is 0 Å². The lowest BCUT2D eigenvalue weighted by atomic mass is 9.41. The second-order valence-electron chi connectivity index (χ2n) is 11.8. The van der Waals surface area contributed by atoms with Gasteiger partial charge < -0.3 is 24.7 Å². The van der Waals surface area contributed by atoms with Gasteiger partial charge >= 0.3 is 0 Å². The fourth-order valence-electron chi connectivity index (χ4n) is 8.23. The van der Waals surface area contributed by atoms with E-state index in [9.17, 15) is 19.8 Å². The van der Waals surface area contributed by atoms with Crippen molar-refractivity contribution in [3.63, 3.8) is 0 Å². The number of aliphatic hydroxyl groups is 2. The summed E-state index contributed by atoms with van der Waals surface area (Å²) in [5, 5.41) is 25.0. The zero-order valence-corrected chi connectivity index (χ0v) is 19.8. The van der Waals surface area contributed by atoms with Crippen LogP contribution in [0.2, 0.25) is 0 Å². The summed E-state index contributed by atoms with van der Waals surface area (Å²) >= 11 is 0. The SMILES string of the molecule is CC1(C)O[C@@]23CC[C@]4(C)[C@@]5(C)c6[nH]c7ccccc7c6C(=O)[C@@H]5C[C@H](O)[C@@]4(O)C2=CC(=O)[C@@H]1O3. The van der Waals surface area contributed by atoms with Crippen molar-refractivity contribution in [1.82, 2.24) is 4.98 Å². The number of hydrogen-bond donors (Lipinski definition) is 3. The number of rotatable bonds is 0.